The zero-order chi connectivity index (χ0) is 8.43. The number of benzene rings is 1. The first-order valence-electron chi connectivity index (χ1n) is 2.86. The number of nitrogens with two attached hydrogens (primary N) is 1. The number of halogens is 2. The van der Waals surface area contributed by atoms with E-state index < -0.39 is 5.82 Å². The lowest BCUT2D eigenvalue weighted by molar-refractivity contribution is 0.625. The van der Waals surface area contributed by atoms with Gasteiger partial charge in [0.25, 0.3) is 0 Å². The van der Waals surface area contributed by atoms with Crippen molar-refractivity contribution in [2.24, 2.45) is 5.73 Å². The molecule has 0 atom stereocenters. The Morgan fingerprint density at radius 1 is 1.55 bits per heavy atom. The molecule has 2 N–H and O–H groups in total. The van der Waals surface area contributed by atoms with Crippen molar-refractivity contribution in [3.05, 3.63) is 34.6 Å². The molecule has 0 bridgehead atoms. The van der Waals surface area contributed by atoms with Crippen LogP contribution in [0.1, 0.15) is 5.56 Å². The molecule has 4 heteroatoms. The van der Waals surface area contributed by atoms with Gasteiger partial charge in [0, 0.05) is 10.6 Å². The highest BCUT2D eigenvalue weighted by Gasteiger charge is 2.03. The predicted octanol–water partition coefficient (Wildman–Crippen LogP) is 2.11. The second-order valence-corrected chi connectivity index (χ2v) is 2.86. The molecule has 0 aliphatic carbocycles. The Labute approximate surface area is 74.0 Å². The molecule has 1 aromatic carbocycles. The molecular formula is C7H5ClFNS. The minimum absolute atomic E-state index is 0.0409. The van der Waals surface area contributed by atoms with Gasteiger partial charge in [0.15, 0.2) is 0 Å². The summed E-state index contributed by atoms with van der Waals surface area (Å²) in [6.45, 7) is 0. The van der Waals surface area contributed by atoms with Crippen LogP contribution in [-0.4, -0.2) is 4.99 Å². The Morgan fingerprint density at radius 2 is 2.18 bits per heavy atom. The van der Waals surface area contributed by atoms with E-state index in [-0.39, 0.29) is 10.6 Å². The van der Waals surface area contributed by atoms with E-state index in [4.69, 9.17) is 17.3 Å². The van der Waals surface area contributed by atoms with Crippen molar-refractivity contribution in [1.82, 2.24) is 0 Å². The fourth-order valence-corrected chi connectivity index (χ4v) is 1.01. The third kappa shape index (κ3) is 1.88. The Bertz CT molecular complexity index is 300. The first-order chi connectivity index (χ1) is 5.11. The maximum absolute atomic E-state index is 12.8. The Kier molecular flexibility index (Phi) is 2.42. The molecule has 0 saturated heterocycles. The van der Waals surface area contributed by atoms with Gasteiger partial charge >= 0.3 is 0 Å². The van der Waals surface area contributed by atoms with E-state index >= 15 is 0 Å². The zero-order valence-corrected chi connectivity index (χ0v) is 7.05. The highest BCUT2D eigenvalue weighted by molar-refractivity contribution is 7.80. The molecule has 0 aliphatic heterocycles. The molecule has 0 fully saturated rings. The summed E-state index contributed by atoms with van der Waals surface area (Å²) >= 11 is 10.1. The number of hydrogen-bond acceptors (Lipinski definition) is 1. The van der Waals surface area contributed by atoms with Crippen molar-refractivity contribution >= 4 is 28.8 Å². The Balaban J connectivity index is 3.20. The number of thiocarbonyl (C=S) groups is 1. The van der Waals surface area contributed by atoms with E-state index in [1.165, 1.54) is 12.1 Å². The summed E-state index contributed by atoms with van der Waals surface area (Å²) in [7, 11) is 0. The van der Waals surface area contributed by atoms with Gasteiger partial charge in [-0.05, 0) is 18.2 Å². The van der Waals surface area contributed by atoms with Crippen LogP contribution in [0.25, 0.3) is 0 Å². The molecule has 0 spiro atoms. The van der Waals surface area contributed by atoms with E-state index in [0.717, 1.165) is 0 Å². The molecule has 58 valence electrons. The molecule has 1 aromatic rings. The second-order valence-electron chi connectivity index (χ2n) is 1.99. The van der Waals surface area contributed by atoms with Gasteiger partial charge in [-0.2, -0.15) is 0 Å². The SMILES string of the molecule is NC(=S)c1ccc(Cl)cc1F. The maximum atomic E-state index is 12.8. The summed E-state index contributed by atoms with van der Waals surface area (Å²) < 4.78 is 12.8. The van der Waals surface area contributed by atoms with E-state index in [2.05, 4.69) is 12.2 Å². The second kappa shape index (κ2) is 3.15. The topological polar surface area (TPSA) is 26.0 Å². The molecule has 0 radical (unpaired) electrons. The number of rotatable bonds is 1. The molecule has 0 amide bonds. The van der Waals surface area contributed by atoms with Crippen LogP contribution in [0.4, 0.5) is 4.39 Å². The van der Waals surface area contributed by atoms with Gasteiger partial charge in [-0.25, -0.2) is 4.39 Å². The first-order valence-corrected chi connectivity index (χ1v) is 3.65. The average Bonchev–Trinajstić information content (AvgIpc) is 1.85. The van der Waals surface area contributed by atoms with Crippen LogP contribution < -0.4 is 5.73 Å². The fraction of sp³-hybridized carbons (Fsp3) is 0. The normalized spacial score (nSPS) is 9.64. The predicted molar refractivity (Wildman–Crippen MR) is 47.3 cm³/mol. The van der Waals surface area contributed by atoms with E-state index in [0.29, 0.717) is 5.02 Å². The van der Waals surface area contributed by atoms with Crippen molar-refractivity contribution in [3.8, 4) is 0 Å². The summed E-state index contributed by atoms with van der Waals surface area (Å²) in [5.41, 5.74) is 5.44. The fourth-order valence-electron chi connectivity index (χ4n) is 0.689. The molecule has 1 rings (SSSR count). The largest absolute Gasteiger partial charge is 0.389 e. The van der Waals surface area contributed by atoms with Crippen LogP contribution in [0.15, 0.2) is 18.2 Å². The van der Waals surface area contributed by atoms with Gasteiger partial charge in [-0.15, -0.1) is 0 Å². The minimum atomic E-state index is -0.481. The lowest BCUT2D eigenvalue weighted by atomic mass is 10.2. The molecule has 0 aliphatic rings. The van der Waals surface area contributed by atoms with Gasteiger partial charge in [0.2, 0.25) is 0 Å². The molecule has 0 aromatic heterocycles. The lowest BCUT2D eigenvalue weighted by Crippen LogP contribution is -2.11. The van der Waals surface area contributed by atoms with Gasteiger partial charge < -0.3 is 5.73 Å². The van der Waals surface area contributed by atoms with Crippen LogP contribution in [0, 0.1) is 5.82 Å². The molecule has 0 saturated carbocycles. The zero-order valence-electron chi connectivity index (χ0n) is 5.47. The average molecular weight is 190 g/mol. The third-order valence-corrected chi connectivity index (χ3v) is 1.65. The van der Waals surface area contributed by atoms with Gasteiger partial charge in [-0.1, -0.05) is 23.8 Å². The number of hydrogen-bond donors (Lipinski definition) is 1. The van der Waals surface area contributed by atoms with Crippen molar-refractivity contribution in [2.45, 2.75) is 0 Å². The summed E-state index contributed by atoms with van der Waals surface area (Å²) in [4.78, 5) is 0.0409. The lowest BCUT2D eigenvalue weighted by Gasteiger charge is -1.99. The summed E-state index contributed by atoms with van der Waals surface area (Å²) in [6.07, 6.45) is 0. The van der Waals surface area contributed by atoms with Crippen LogP contribution in [0.2, 0.25) is 5.02 Å². The van der Waals surface area contributed by atoms with E-state index in [1.54, 1.807) is 6.07 Å². The van der Waals surface area contributed by atoms with Crippen LogP contribution in [0.5, 0.6) is 0 Å². The smallest absolute Gasteiger partial charge is 0.134 e. The Hall–Kier alpha value is -0.670. The molecule has 1 nitrogen and oxygen atoms in total. The van der Waals surface area contributed by atoms with Crippen molar-refractivity contribution < 1.29 is 4.39 Å². The van der Waals surface area contributed by atoms with E-state index in [9.17, 15) is 4.39 Å². The van der Waals surface area contributed by atoms with Crippen molar-refractivity contribution in [1.29, 1.82) is 0 Å². The highest BCUT2D eigenvalue weighted by Crippen LogP contribution is 2.13. The quantitative estimate of drug-likeness (QED) is 0.685. The first kappa shape index (κ1) is 8.43. The van der Waals surface area contributed by atoms with Crippen molar-refractivity contribution in [3.63, 3.8) is 0 Å². The summed E-state index contributed by atoms with van der Waals surface area (Å²) in [5.74, 6) is -0.481. The molecule has 0 heterocycles. The maximum Gasteiger partial charge on any atom is 0.134 e. The van der Waals surface area contributed by atoms with Crippen LogP contribution >= 0.6 is 23.8 Å². The highest BCUT2D eigenvalue weighted by atomic mass is 35.5. The van der Waals surface area contributed by atoms with Crippen LogP contribution in [0.3, 0.4) is 0 Å². The van der Waals surface area contributed by atoms with Crippen LogP contribution in [-0.2, 0) is 0 Å². The minimum Gasteiger partial charge on any atom is -0.389 e. The molecular weight excluding hydrogens is 185 g/mol. The van der Waals surface area contributed by atoms with Gasteiger partial charge in [0.1, 0.15) is 10.8 Å². The molecule has 0 unspecified atom stereocenters. The molecule has 11 heavy (non-hydrogen) atoms. The summed E-state index contributed by atoms with van der Waals surface area (Å²) in [5, 5.41) is 0.336. The Morgan fingerprint density at radius 3 is 2.64 bits per heavy atom. The van der Waals surface area contributed by atoms with Crippen molar-refractivity contribution in [2.75, 3.05) is 0 Å². The monoisotopic (exact) mass is 189 g/mol. The van der Waals surface area contributed by atoms with E-state index in [1.807, 2.05) is 0 Å². The third-order valence-electron chi connectivity index (χ3n) is 1.20. The van der Waals surface area contributed by atoms with Gasteiger partial charge in [-0.3, -0.25) is 0 Å². The van der Waals surface area contributed by atoms with Gasteiger partial charge in [0.05, 0.1) is 0 Å². The standard InChI is InChI=1S/C7H5ClFNS/c8-4-1-2-5(7(10)11)6(9)3-4/h1-3H,(H2,10,11). The summed E-state index contributed by atoms with van der Waals surface area (Å²) in [6, 6.07) is 4.18.